The molecule has 0 unspecified atom stereocenters. The van der Waals surface area contributed by atoms with E-state index in [4.69, 9.17) is 16.9 Å². The average molecular weight is 341 g/mol. The molecule has 112 valence electrons. The number of benzene rings is 1. The van der Waals surface area contributed by atoms with E-state index >= 15 is 0 Å². The number of hydrogen-bond donors (Lipinski definition) is 1. The molecular weight excluding hydrogens is 324 g/mol. The number of rotatable bonds is 3. The summed E-state index contributed by atoms with van der Waals surface area (Å²) in [6, 6.07) is 6.59. The maximum Gasteiger partial charge on any atom is 0.125 e. The summed E-state index contributed by atoms with van der Waals surface area (Å²) < 4.78 is 13.4. The van der Waals surface area contributed by atoms with Gasteiger partial charge in [-0.15, -0.1) is 24.8 Å². The molecule has 0 spiro atoms. The zero-order valence-electron chi connectivity index (χ0n) is 10.8. The number of halogens is 4. The van der Waals surface area contributed by atoms with Gasteiger partial charge in [-0.3, -0.25) is 4.90 Å². The number of nitrogens with zero attached hydrogens (tertiary/aromatic N) is 2. The van der Waals surface area contributed by atoms with Gasteiger partial charge >= 0.3 is 0 Å². The van der Waals surface area contributed by atoms with Crippen LogP contribution in [0, 0.1) is 17.1 Å². The smallest absolute Gasteiger partial charge is 0.125 e. The second kappa shape index (κ2) is 9.38. The van der Waals surface area contributed by atoms with E-state index in [-0.39, 0.29) is 36.7 Å². The minimum atomic E-state index is -0.351. The van der Waals surface area contributed by atoms with Gasteiger partial charge in [0.1, 0.15) is 5.82 Å². The third-order valence-corrected chi connectivity index (χ3v) is 3.36. The highest BCUT2D eigenvalue weighted by molar-refractivity contribution is 6.30. The molecule has 1 fully saturated rings. The van der Waals surface area contributed by atoms with Crippen LogP contribution in [0.25, 0.3) is 0 Å². The van der Waals surface area contributed by atoms with Crippen molar-refractivity contribution in [1.29, 1.82) is 5.26 Å². The van der Waals surface area contributed by atoms with E-state index in [1.165, 1.54) is 12.1 Å². The van der Waals surface area contributed by atoms with Crippen molar-refractivity contribution in [2.24, 2.45) is 0 Å². The molecule has 1 aromatic rings. The van der Waals surface area contributed by atoms with Gasteiger partial charge in [-0.05, 0) is 23.8 Å². The predicted molar refractivity (Wildman–Crippen MR) is 83.3 cm³/mol. The van der Waals surface area contributed by atoms with Gasteiger partial charge in [-0.1, -0.05) is 11.6 Å². The first kappa shape index (κ1) is 19.4. The third kappa shape index (κ3) is 5.08. The summed E-state index contributed by atoms with van der Waals surface area (Å²) in [6.07, 6.45) is 0.347. The van der Waals surface area contributed by atoms with Gasteiger partial charge in [-0.25, -0.2) is 4.39 Å². The molecule has 0 radical (unpaired) electrons. The van der Waals surface area contributed by atoms with Crippen molar-refractivity contribution in [3.63, 3.8) is 0 Å². The first-order chi connectivity index (χ1) is 8.70. The molecule has 7 heteroatoms. The van der Waals surface area contributed by atoms with Crippen LogP contribution in [-0.4, -0.2) is 31.1 Å². The summed E-state index contributed by atoms with van der Waals surface area (Å²) in [5.74, 6) is -0.351. The monoisotopic (exact) mass is 339 g/mol. The maximum absolute atomic E-state index is 13.4. The minimum absolute atomic E-state index is 0. The van der Waals surface area contributed by atoms with Crippen molar-refractivity contribution >= 4 is 36.4 Å². The standard InChI is InChI=1S/C13H15ClFN3.2ClH/c14-11-7-10(8-12(15)9-11)13(1-2-16)18-5-3-17-4-6-18;;/h7-9,13,17H,1,3-6H2;2*1H/t13-;;/m0../s1. The number of piperazine rings is 1. The van der Waals surface area contributed by atoms with Crippen LogP contribution in [0.15, 0.2) is 18.2 Å². The Morgan fingerprint density at radius 2 is 1.95 bits per heavy atom. The van der Waals surface area contributed by atoms with Gasteiger partial charge in [0.2, 0.25) is 0 Å². The molecule has 3 nitrogen and oxygen atoms in total. The molecule has 0 aliphatic carbocycles. The molecule has 1 atom stereocenters. The van der Waals surface area contributed by atoms with Crippen LogP contribution in [0.3, 0.4) is 0 Å². The van der Waals surface area contributed by atoms with Crippen LogP contribution in [0.4, 0.5) is 4.39 Å². The molecule has 0 bridgehead atoms. The molecule has 1 aliphatic rings. The van der Waals surface area contributed by atoms with Crippen LogP contribution in [0.2, 0.25) is 5.02 Å². The minimum Gasteiger partial charge on any atom is -0.314 e. The van der Waals surface area contributed by atoms with Gasteiger partial charge in [-0.2, -0.15) is 5.26 Å². The number of nitrogens with one attached hydrogen (secondary N) is 1. The zero-order valence-corrected chi connectivity index (χ0v) is 13.2. The van der Waals surface area contributed by atoms with Gasteiger partial charge in [0.25, 0.3) is 0 Å². The molecule has 20 heavy (non-hydrogen) atoms. The van der Waals surface area contributed by atoms with Crippen molar-refractivity contribution in [3.8, 4) is 6.07 Å². The molecule has 0 amide bonds. The maximum atomic E-state index is 13.4. The van der Waals surface area contributed by atoms with Gasteiger partial charge in [0.05, 0.1) is 12.5 Å². The molecule has 1 saturated heterocycles. The Hall–Kier alpha value is -0.570. The Kier molecular flexibility index (Phi) is 9.11. The highest BCUT2D eigenvalue weighted by Gasteiger charge is 2.22. The van der Waals surface area contributed by atoms with E-state index < -0.39 is 0 Å². The molecule has 2 rings (SSSR count). The average Bonchev–Trinajstić information content (AvgIpc) is 2.36. The molecule has 1 heterocycles. The van der Waals surface area contributed by atoms with E-state index in [1.807, 2.05) is 0 Å². The van der Waals surface area contributed by atoms with Gasteiger partial charge in [0, 0.05) is 37.2 Å². The summed E-state index contributed by atoms with van der Waals surface area (Å²) in [6.45, 7) is 3.51. The normalized spacial score (nSPS) is 16.4. The van der Waals surface area contributed by atoms with E-state index in [0.29, 0.717) is 11.4 Å². The van der Waals surface area contributed by atoms with Crippen molar-refractivity contribution in [2.75, 3.05) is 26.2 Å². The van der Waals surface area contributed by atoms with E-state index in [0.717, 1.165) is 31.7 Å². The molecule has 1 N–H and O–H groups in total. The highest BCUT2D eigenvalue weighted by atomic mass is 35.5. The Morgan fingerprint density at radius 1 is 1.30 bits per heavy atom. The second-order valence-electron chi connectivity index (χ2n) is 4.37. The topological polar surface area (TPSA) is 39.1 Å². The van der Waals surface area contributed by atoms with E-state index in [2.05, 4.69) is 16.3 Å². The number of hydrogen-bond acceptors (Lipinski definition) is 3. The fourth-order valence-corrected chi connectivity index (χ4v) is 2.54. The molecule has 1 aromatic carbocycles. The lowest BCUT2D eigenvalue weighted by Gasteiger charge is -2.34. The fraction of sp³-hybridized carbons (Fsp3) is 0.462. The summed E-state index contributed by atoms with van der Waals surface area (Å²) in [7, 11) is 0. The number of nitriles is 1. The van der Waals surface area contributed by atoms with Crippen LogP contribution < -0.4 is 5.32 Å². The van der Waals surface area contributed by atoms with Gasteiger partial charge in [0.15, 0.2) is 0 Å². The largest absolute Gasteiger partial charge is 0.314 e. The summed E-state index contributed by atoms with van der Waals surface area (Å²) >= 11 is 5.88. The first-order valence-corrected chi connectivity index (χ1v) is 6.36. The first-order valence-electron chi connectivity index (χ1n) is 5.98. The Bertz CT molecular complexity index is 438. The predicted octanol–water partition coefficient (Wildman–Crippen LogP) is 3.18. The Morgan fingerprint density at radius 3 is 2.50 bits per heavy atom. The molecule has 1 aliphatic heterocycles. The van der Waals surface area contributed by atoms with Crippen molar-refractivity contribution < 1.29 is 4.39 Å². The van der Waals surface area contributed by atoms with Crippen LogP contribution in [0.5, 0.6) is 0 Å². The van der Waals surface area contributed by atoms with E-state index in [1.54, 1.807) is 6.07 Å². The van der Waals surface area contributed by atoms with Gasteiger partial charge < -0.3 is 5.32 Å². The SMILES string of the molecule is Cl.Cl.N#CC[C@@H](c1cc(F)cc(Cl)c1)N1CCNCC1. The quantitative estimate of drug-likeness (QED) is 0.918. The molecule has 0 aromatic heterocycles. The zero-order chi connectivity index (χ0) is 13.0. The highest BCUT2D eigenvalue weighted by Crippen LogP contribution is 2.27. The lowest BCUT2D eigenvalue weighted by molar-refractivity contribution is 0.175. The van der Waals surface area contributed by atoms with Crippen LogP contribution in [-0.2, 0) is 0 Å². The van der Waals surface area contributed by atoms with E-state index in [9.17, 15) is 4.39 Å². The summed E-state index contributed by atoms with van der Waals surface area (Å²) in [4.78, 5) is 2.20. The van der Waals surface area contributed by atoms with Crippen LogP contribution in [0.1, 0.15) is 18.0 Å². The van der Waals surface area contributed by atoms with Crippen LogP contribution >= 0.6 is 36.4 Å². The lowest BCUT2D eigenvalue weighted by atomic mass is 10.0. The lowest BCUT2D eigenvalue weighted by Crippen LogP contribution is -2.45. The van der Waals surface area contributed by atoms with Crippen molar-refractivity contribution in [3.05, 3.63) is 34.6 Å². The fourth-order valence-electron chi connectivity index (χ4n) is 2.31. The van der Waals surface area contributed by atoms with Crippen molar-refractivity contribution in [2.45, 2.75) is 12.5 Å². The third-order valence-electron chi connectivity index (χ3n) is 3.15. The Labute approximate surface area is 135 Å². The molecule has 0 saturated carbocycles. The molecular formula is C13H17Cl3FN3. The Balaban J connectivity index is 0.00000180. The summed E-state index contributed by atoms with van der Waals surface area (Å²) in [5.41, 5.74) is 0.781. The second-order valence-corrected chi connectivity index (χ2v) is 4.80. The summed E-state index contributed by atoms with van der Waals surface area (Å²) in [5, 5.41) is 12.6. The van der Waals surface area contributed by atoms with Crippen molar-refractivity contribution in [1.82, 2.24) is 10.2 Å².